The molecule has 0 saturated carbocycles. The van der Waals surface area contributed by atoms with E-state index in [4.69, 9.17) is 0 Å². The van der Waals surface area contributed by atoms with E-state index in [0.29, 0.717) is 24.5 Å². The number of aryl methyl sites for hydroxylation is 1. The largest absolute Gasteiger partial charge is 0.326 e. The van der Waals surface area contributed by atoms with Gasteiger partial charge >= 0.3 is 0 Å². The summed E-state index contributed by atoms with van der Waals surface area (Å²) in [6, 6.07) is 10.3. The molecule has 0 aliphatic carbocycles. The number of para-hydroxylation sites is 1. The molecule has 1 aliphatic heterocycles. The maximum absolute atomic E-state index is 13.1. The smallest absolute Gasteiger partial charge is 0.243 e. The molecular formula is C22H27N3O4S. The number of benzene rings is 2. The van der Waals surface area contributed by atoms with Gasteiger partial charge in [0.1, 0.15) is 0 Å². The van der Waals surface area contributed by atoms with Crippen LogP contribution < -0.4 is 10.6 Å². The fourth-order valence-electron chi connectivity index (χ4n) is 3.68. The molecule has 7 nitrogen and oxygen atoms in total. The maximum atomic E-state index is 13.1. The summed E-state index contributed by atoms with van der Waals surface area (Å²) >= 11 is 0. The molecule has 8 heteroatoms. The highest BCUT2D eigenvalue weighted by atomic mass is 32.2. The molecule has 3 rings (SSSR count). The zero-order chi connectivity index (χ0) is 22.1. The molecule has 30 heavy (non-hydrogen) atoms. The van der Waals surface area contributed by atoms with Gasteiger partial charge in [0, 0.05) is 30.9 Å². The molecule has 0 aromatic heterocycles. The third-order valence-electron chi connectivity index (χ3n) is 5.56. The molecule has 2 aromatic rings. The SMILES string of the molecule is CCN(CC)S(=O)(=O)c1cc(C)c(C)c(NC(=O)C2CC(=O)Nc3ccccc32)c1. The van der Waals surface area contributed by atoms with Gasteiger partial charge in [-0.1, -0.05) is 32.0 Å². The molecule has 0 spiro atoms. The van der Waals surface area contributed by atoms with Crippen LogP contribution in [0.3, 0.4) is 0 Å². The number of sulfonamides is 1. The molecule has 2 amide bonds. The molecule has 2 N–H and O–H groups in total. The first-order chi connectivity index (χ1) is 14.2. The number of hydrogen-bond acceptors (Lipinski definition) is 4. The maximum Gasteiger partial charge on any atom is 0.243 e. The predicted molar refractivity (Wildman–Crippen MR) is 117 cm³/mol. The molecule has 1 atom stereocenters. The highest BCUT2D eigenvalue weighted by Crippen LogP contribution is 2.34. The number of amides is 2. The van der Waals surface area contributed by atoms with Crippen molar-refractivity contribution in [2.75, 3.05) is 23.7 Å². The predicted octanol–water partition coefficient (Wildman–Crippen LogP) is 3.40. The molecule has 1 unspecified atom stereocenters. The van der Waals surface area contributed by atoms with Gasteiger partial charge in [0.25, 0.3) is 0 Å². The summed E-state index contributed by atoms with van der Waals surface area (Å²) in [5, 5.41) is 5.65. The standard InChI is InChI=1S/C22H27N3O4S/c1-5-25(6-2)30(28,29)16-11-14(3)15(4)20(12-16)24-22(27)18-13-21(26)23-19-10-8-7-9-17(18)19/h7-12,18H,5-6,13H2,1-4H3,(H,23,26)(H,24,27). The Hall–Kier alpha value is -2.71. The molecule has 0 saturated heterocycles. The fraction of sp³-hybridized carbons (Fsp3) is 0.364. The molecule has 0 fully saturated rings. The number of hydrogen-bond donors (Lipinski definition) is 2. The minimum absolute atomic E-state index is 0.0400. The zero-order valence-electron chi connectivity index (χ0n) is 17.7. The third kappa shape index (κ3) is 4.11. The fourth-order valence-corrected chi connectivity index (χ4v) is 5.25. The number of rotatable bonds is 6. The lowest BCUT2D eigenvalue weighted by Gasteiger charge is -2.25. The van der Waals surface area contributed by atoms with E-state index in [1.54, 1.807) is 32.0 Å². The number of fused-ring (bicyclic) bond motifs is 1. The van der Waals surface area contributed by atoms with Crippen molar-refractivity contribution in [1.82, 2.24) is 4.31 Å². The van der Waals surface area contributed by atoms with Crippen LogP contribution >= 0.6 is 0 Å². The van der Waals surface area contributed by atoms with Crippen LogP contribution in [0.5, 0.6) is 0 Å². The van der Waals surface area contributed by atoms with Crippen molar-refractivity contribution >= 4 is 33.2 Å². The van der Waals surface area contributed by atoms with Gasteiger partial charge in [-0.25, -0.2) is 8.42 Å². The highest BCUT2D eigenvalue weighted by molar-refractivity contribution is 7.89. The van der Waals surface area contributed by atoms with Gasteiger partial charge < -0.3 is 10.6 Å². The van der Waals surface area contributed by atoms with Crippen molar-refractivity contribution in [2.45, 2.75) is 44.9 Å². The molecule has 2 aromatic carbocycles. The Morgan fingerprint density at radius 1 is 1.17 bits per heavy atom. The van der Waals surface area contributed by atoms with Crippen LogP contribution in [0.1, 0.15) is 42.9 Å². The van der Waals surface area contributed by atoms with Crippen LogP contribution in [-0.4, -0.2) is 37.6 Å². The summed E-state index contributed by atoms with van der Waals surface area (Å²) in [6.45, 7) is 7.95. The Morgan fingerprint density at radius 3 is 2.50 bits per heavy atom. The summed E-state index contributed by atoms with van der Waals surface area (Å²) in [5.41, 5.74) is 3.36. The summed E-state index contributed by atoms with van der Waals surface area (Å²) in [6.07, 6.45) is 0.0400. The van der Waals surface area contributed by atoms with E-state index < -0.39 is 15.9 Å². The van der Waals surface area contributed by atoms with Crippen LogP contribution in [-0.2, 0) is 19.6 Å². The molecule has 0 bridgehead atoms. The Labute approximate surface area is 177 Å². The van der Waals surface area contributed by atoms with Crippen molar-refractivity contribution in [2.24, 2.45) is 0 Å². The van der Waals surface area contributed by atoms with Crippen LogP contribution in [0.2, 0.25) is 0 Å². The summed E-state index contributed by atoms with van der Waals surface area (Å²) in [4.78, 5) is 25.3. The number of anilines is 2. The van der Waals surface area contributed by atoms with Gasteiger partial charge in [-0.15, -0.1) is 0 Å². The van der Waals surface area contributed by atoms with Gasteiger partial charge in [0.15, 0.2) is 0 Å². The van der Waals surface area contributed by atoms with Gasteiger partial charge in [-0.3, -0.25) is 9.59 Å². The van der Waals surface area contributed by atoms with Gasteiger partial charge in [0.2, 0.25) is 21.8 Å². The minimum atomic E-state index is -3.66. The Kier molecular flexibility index (Phi) is 6.28. The second kappa shape index (κ2) is 8.57. The molecule has 160 valence electrons. The van der Waals surface area contributed by atoms with Crippen LogP contribution in [0.4, 0.5) is 11.4 Å². The van der Waals surface area contributed by atoms with E-state index in [1.165, 1.54) is 10.4 Å². The van der Waals surface area contributed by atoms with Crippen molar-refractivity contribution in [3.63, 3.8) is 0 Å². The van der Waals surface area contributed by atoms with E-state index >= 15 is 0 Å². The second-order valence-electron chi connectivity index (χ2n) is 7.38. The number of carbonyl (C=O) groups excluding carboxylic acids is 2. The molecule has 0 radical (unpaired) electrons. The quantitative estimate of drug-likeness (QED) is 0.736. The highest BCUT2D eigenvalue weighted by Gasteiger charge is 2.31. The van der Waals surface area contributed by atoms with Crippen molar-refractivity contribution in [3.8, 4) is 0 Å². The first kappa shape index (κ1) is 22.0. The average molecular weight is 430 g/mol. The first-order valence-electron chi connectivity index (χ1n) is 10.00. The normalized spacial score (nSPS) is 16.2. The van der Waals surface area contributed by atoms with Crippen LogP contribution in [0, 0.1) is 13.8 Å². The van der Waals surface area contributed by atoms with Crippen LogP contribution in [0.25, 0.3) is 0 Å². The Bertz CT molecular complexity index is 1090. The Morgan fingerprint density at radius 2 is 1.83 bits per heavy atom. The van der Waals surface area contributed by atoms with Crippen molar-refractivity contribution in [3.05, 3.63) is 53.1 Å². The van der Waals surface area contributed by atoms with E-state index in [1.807, 2.05) is 26.0 Å². The lowest BCUT2D eigenvalue weighted by Crippen LogP contribution is -2.32. The monoisotopic (exact) mass is 429 g/mol. The lowest BCUT2D eigenvalue weighted by molar-refractivity contribution is -0.123. The van der Waals surface area contributed by atoms with E-state index in [2.05, 4.69) is 10.6 Å². The minimum Gasteiger partial charge on any atom is -0.326 e. The van der Waals surface area contributed by atoms with Crippen molar-refractivity contribution in [1.29, 1.82) is 0 Å². The van der Waals surface area contributed by atoms with E-state index in [0.717, 1.165) is 16.7 Å². The van der Waals surface area contributed by atoms with Gasteiger partial charge in [0.05, 0.1) is 10.8 Å². The average Bonchev–Trinajstić information content (AvgIpc) is 2.71. The van der Waals surface area contributed by atoms with E-state index in [-0.39, 0.29) is 23.1 Å². The first-order valence-corrected chi connectivity index (χ1v) is 11.4. The number of nitrogens with zero attached hydrogens (tertiary/aromatic N) is 1. The second-order valence-corrected chi connectivity index (χ2v) is 9.32. The lowest BCUT2D eigenvalue weighted by atomic mass is 9.89. The number of nitrogens with one attached hydrogen (secondary N) is 2. The molecule has 1 heterocycles. The number of carbonyl (C=O) groups is 2. The topological polar surface area (TPSA) is 95.6 Å². The molecular weight excluding hydrogens is 402 g/mol. The molecule has 1 aliphatic rings. The van der Waals surface area contributed by atoms with Gasteiger partial charge in [-0.05, 0) is 48.7 Å². The van der Waals surface area contributed by atoms with Crippen molar-refractivity contribution < 1.29 is 18.0 Å². The van der Waals surface area contributed by atoms with E-state index in [9.17, 15) is 18.0 Å². The summed E-state index contributed by atoms with van der Waals surface area (Å²) < 4.78 is 27.3. The zero-order valence-corrected chi connectivity index (χ0v) is 18.5. The third-order valence-corrected chi connectivity index (χ3v) is 7.59. The van der Waals surface area contributed by atoms with Crippen LogP contribution in [0.15, 0.2) is 41.3 Å². The summed E-state index contributed by atoms with van der Waals surface area (Å²) in [5.74, 6) is -1.20. The summed E-state index contributed by atoms with van der Waals surface area (Å²) in [7, 11) is -3.66. The Balaban J connectivity index is 1.97. The van der Waals surface area contributed by atoms with Gasteiger partial charge in [-0.2, -0.15) is 4.31 Å².